The summed E-state index contributed by atoms with van der Waals surface area (Å²) < 4.78 is 0. The highest BCUT2D eigenvalue weighted by Crippen LogP contribution is 2.49. The predicted octanol–water partition coefficient (Wildman–Crippen LogP) is 1.97. The molecule has 2 aliphatic heterocycles. The molecule has 0 N–H and O–H groups in total. The first-order valence-electron chi connectivity index (χ1n) is 9.05. The molecule has 6 heteroatoms. The lowest BCUT2D eigenvalue weighted by atomic mass is 9.59. The zero-order valence-corrected chi connectivity index (χ0v) is 15.1. The summed E-state index contributed by atoms with van der Waals surface area (Å²) in [4.78, 5) is 53.9. The molecule has 6 nitrogen and oxygen atoms in total. The number of carbonyl (C=O) groups excluding carboxylic acids is 4. The SMILES string of the molecule is CCCCN1C(=O)C2C(=O)N(CCCC)C(=O)C(C1=O)C2(C)CC. The van der Waals surface area contributed by atoms with E-state index >= 15 is 0 Å². The van der Waals surface area contributed by atoms with E-state index in [0.717, 1.165) is 22.6 Å². The minimum Gasteiger partial charge on any atom is -0.281 e. The summed E-state index contributed by atoms with van der Waals surface area (Å²) in [6.45, 7) is 8.09. The van der Waals surface area contributed by atoms with E-state index < -0.39 is 40.9 Å². The summed E-state index contributed by atoms with van der Waals surface area (Å²) in [5.74, 6) is -3.53. The largest absolute Gasteiger partial charge is 0.281 e. The smallest absolute Gasteiger partial charge is 0.242 e. The minimum atomic E-state index is -0.920. The van der Waals surface area contributed by atoms with Gasteiger partial charge in [-0.3, -0.25) is 29.0 Å². The molecule has 0 atom stereocenters. The van der Waals surface area contributed by atoms with E-state index in [1.807, 2.05) is 20.8 Å². The Hall–Kier alpha value is -1.72. The van der Waals surface area contributed by atoms with Gasteiger partial charge in [-0.1, -0.05) is 40.5 Å². The first kappa shape index (κ1) is 18.6. The van der Waals surface area contributed by atoms with Crippen LogP contribution in [0.3, 0.4) is 0 Å². The van der Waals surface area contributed by atoms with Crippen molar-refractivity contribution in [3.05, 3.63) is 0 Å². The first-order chi connectivity index (χ1) is 11.3. The number of hydrogen-bond acceptors (Lipinski definition) is 4. The predicted molar refractivity (Wildman–Crippen MR) is 88.6 cm³/mol. The normalized spacial score (nSPS) is 30.3. The molecule has 24 heavy (non-hydrogen) atoms. The van der Waals surface area contributed by atoms with Crippen LogP contribution in [-0.4, -0.2) is 46.5 Å². The van der Waals surface area contributed by atoms with Crippen molar-refractivity contribution in [2.24, 2.45) is 17.3 Å². The van der Waals surface area contributed by atoms with Gasteiger partial charge < -0.3 is 0 Å². The van der Waals surface area contributed by atoms with Gasteiger partial charge in [-0.2, -0.15) is 0 Å². The standard InChI is InChI=1S/C18H28N2O4/c1-5-8-10-19-14(21)12-16(23)20(11-9-6-2)17(24)13(15(19)22)18(12,4)7-3/h12-13H,5-11H2,1-4H3. The highest BCUT2D eigenvalue weighted by molar-refractivity contribution is 6.22. The van der Waals surface area contributed by atoms with Crippen LogP contribution in [0.5, 0.6) is 0 Å². The van der Waals surface area contributed by atoms with Crippen LogP contribution < -0.4 is 0 Å². The second-order valence-corrected chi connectivity index (χ2v) is 7.09. The van der Waals surface area contributed by atoms with Gasteiger partial charge in [0, 0.05) is 18.5 Å². The first-order valence-corrected chi connectivity index (χ1v) is 9.05. The highest BCUT2D eigenvalue weighted by atomic mass is 16.2. The van der Waals surface area contributed by atoms with Crippen LogP contribution in [0.25, 0.3) is 0 Å². The van der Waals surface area contributed by atoms with E-state index in [2.05, 4.69) is 0 Å². The van der Waals surface area contributed by atoms with Crippen molar-refractivity contribution in [1.29, 1.82) is 0 Å². The number of hydrogen-bond donors (Lipinski definition) is 0. The van der Waals surface area contributed by atoms with Crippen LogP contribution >= 0.6 is 0 Å². The second-order valence-electron chi connectivity index (χ2n) is 7.09. The molecule has 2 heterocycles. The van der Waals surface area contributed by atoms with E-state index in [4.69, 9.17) is 0 Å². The summed E-state index contributed by atoms with van der Waals surface area (Å²) in [5.41, 5.74) is -0.909. The maximum Gasteiger partial charge on any atom is 0.242 e. The topological polar surface area (TPSA) is 74.8 Å². The van der Waals surface area contributed by atoms with Crippen LogP contribution in [0.1, 0.15) is 59.8 Å². The van der Waals surface area contributed by atoms with Crippen molar-refractivity contribution in [1.82, 2.24) is 9.80 Å². The quantitative estimate of drug-likeness (QED) is 0.526. The van der Waals surface area contributed by atoms with E-state index in [0.29, 0.717) is 19.3 Å². The van der Waals surface area contributed by atoms with E-state index in [9.17, 15) is 19.2 Å². The van der Waals surface area contributed by atoms with Crippen LogP contribution in [0, 0.1) is 17.3 Å². The summed E-state index contributed by atoms with van der Waals surface area (Å²) >= 11 is 0. The van der Waals surface area contributed by atoms with Crippen molar-refractivity contribution >= 4 is 23.6 Å². The van der Waals surface area contributed by atoms with Crippen molar-refractivity contribution in [3.8, 4) is 0 Å². The van der Waals surface area contributed by atoms with Crippen LogP contribution in [0.4, 0.5) is 0 Å². The molecule has 0 spiro atoms. The fraction of sp³-hybridized carbons (Fsp3) is 0.778. The van der Waals surface area contributed by atoms with Gasteiger partial charge in [-0.25, -0.2) is 0 Å². The van der Waals surface area contributed by atoms with Gasteiger partial charge in [-0.05, 0) is 19.3 Å². The number of nitrogens with zero attached hydrogens (tertiary/aromatic N) is 2. The summed E-state index contributed by atoms with van der Waals surface area (Å²) in [6.07, 6.45) is 3.48. The van der Waals surface area contributed by atoms with E-state index in [1.165, 1.54) is 0 Å². The van der Waals surface area contributed by atoms with Gasteiger partial charge in [0.05, 0.1) is 0 Å². The summed E-state index contributed by atoms with van der Waals surface area (Å²) in [7, 11) is 0. The molecule has 4 amide bonds. The average molecular weight is 336 g/mol. The number of likely N-dealkylation sites (tertiary alicyclic amines) is 2. The molecule has 0 aromatic heterocycles. The Kier molecular flexibility index (Phi) is 5.45. The number of amides is 4. The molecule has 2 rings (SSSR count). The third kappa shape index (κ3) is 2.66. The number of imide groups is 2. The summed E-state index contributed by atoms with van der Waals surface area (Å²) in [6, 6.07) is 0. The van der Waals surface area contributed by atoms with Gasteiger partial charge in [0.1, 0.15) is 11.8 Å². The Bertz CT molecular complexity index is 481. The van der Waals surface area contributed by atoms with E-state index in [-0.39, 0.29) is 13.1 Å². The molecule has 0 unspecified atom stereocenters. The number of unbranched alkanes of at least 4 members (excludes halogenated alkanes) is 2. The maximum atomic E-state index is 12.9. The van der Waals surface area contributed by atoms with Crippen molar-refractivity contribution in [2.75, 3.05) is 13.1 Å². The highest BCUT2D eigenvalue weighted by Gasteiger charge is 2.65. The maximum absolute atomic E-state index is 12.9. The van der Waals surface area contributed by atoms with Gasteiger partial charge in [0.25, 0.3) is 0 Å². The third-order valence-corrected chi connectivity index (χ3v) is 5.60. The molecule has 134 valence electrons. The lowest BCUT2D eigenvalue weighted by Crippen LogP contribution is -2.71. The van der Waals surface area contributed by atoms with Gasteiger partial charge in [0.15, 0.2) is 0 Å². The Labute approximate surface area is 143 Å². The molecule has 0 aliphatic carbocycles. The van der Waals surface area contributed by atoms with Crippen LogP contribution in [0.2, 0.25) is 0 Å². The molecule has 2 aliphatic rings. The van der Waals surface area contributed by atoms with Gasteiger partial charge >= 0.3 is 0 Å². The van der Waals surface area contributed by atoms with Crippen molar-refractivity contribution < 1.29 is 19.2 Å². The molecule has 0 radical (unpaired) electrons. The zero-order chi connectivity index (χ0) is 18.1. The monoisotopic (exact) mass is 336 g/mol. The van der Waals surface area contributed by atoms with Crippen LogP contribution in [-0.2, 0) is 19.2 Å². The molecular formula is C18H28N2O4. The average Bonchev–Trinajstić information content (AvgIpc) is 2.54. The van der Waals surface area contributed by atoms with Crippen LogP contribution in [0.15, 0.2) is 0 Å². The Balaban J connectivity index is 2.45. The lowest BCUT2D eigenvalue weighted by molar-refractivity contribution is -0.185. The number of carbonyl (C=O) groups is 4. The molecule has 2 bridgehead atoms. The third-order valence-electron chi connectivity index (χ3n) is 5.60. The molecule has 2 saturated heterocycles. The van der Waals surface area contributed by atoms with E-state index in [1.54, 1.807) is 6.92 Å². The molecule has 2 fully saturated rings. The number of piperidine rings is 2. The molecule has 0 saturated carbocycles. The van der Waals surface area contributed by atoms with Gasteiger partial charge in [0.2, 0.25) is 23.6 Å². The number of fused-ring (bicyclic) bond motifs is 2. The zero-order valence-electron chi connectivity index (χ0n) is 15.1. The second kappa shape index (κ2) is 7.03. The lowest BCUT2D eigenvalue weighted by Gasteiger charge is -2.52. The van der Waals surface area contributed by atoms with Crippen molar-refractivity contribution in [3.63, 3.8) is 0 Å². The Morgan fingerprint density at radius 2 is 1.08 bits per heavy atom. The molecule has 0 aromatic carbocycles. The fourth-order valence-corrected chi connectivity index (χ4v) is 3.83. The Morgan fingerprint density at radius 1 is 0.750 bits per heavy atom. The fourth-order valence-electron chi connectivity index (χ4n) is 3.83. The van der Waals surface area contributed by atoms with Crippen molar-refractivity contribution in [2.45, 2.75) is 59.8 Å². The number of rotatable bonds is 7. The Morgan fingerprint density at radius 3 is 1.33 bits per heavy atom. The molecular weight excluding hydrogens is 308 g/mol. The minimum absolute atomic E-state index is 0.288. The van der Waals surface area contributed by atoms with Gasteiger partial charge in [-0.15, -0.1) is 0 Å². The molecule has 0 aromatic rings. The summed E-state index contributed by atoms with van der Waals surface area (Å²) in [5, 5.41) is 0.